The molecule has 0 unspecified atom stereocenters. The first-order valence-corrected chi connectivity index (χ1v) is 4.98. The van der Waals surface area contributed by atoms with E-state index < -0.39 is 5.97 Å². The minimum Gasteiger partial charge on any atom is -0.481 e. The van der Waals surface area contributed by atoms with Gasteiger partial charge in [0.2, 0.25) is 0 Å². The number of likely N-dealkylation sites (N-methyl/N-ethyl adjacent to an activating group) is 1. The molecule has 0 fully saturated rings. The van der Waals surface area contributed by atoms with E-state index in [0.717, 1.165) is 6.42 Å². The Bertz CT molecular complexity index is 173. The van der Waals surface area contributed by atoms with Crippen LogP contribution in [0.2, 0.25) is 0 Å². The summed E-state index contributed by atoms with van der Waals surface area (Å²) < 4.78 is 5.19. The zero-order valence-electron chi connectivity index (χ0n) is 9.41. The molecule has 0 aromatic carbocycles. The highest BCUT2D eigenvalue weighted by Crippen LogP contribution is 2.15. The molecule has 0 aromatic rings. The van der Waals surface area contributed by atoms with Gasteiger partial charge in [-0.1, -0.05) is 20.3 Å². The van der Waals surface area contributed by atoms with Gasteiger partial charge in [-0.15, -0.1) is 0 Å². The molecule has 0 bridgehead atoms. The maximum Gasteiger partial charge on any atom is 0.306 e. The number of ether oxygens (including phenoxy) is 1. The lowest BCUT2D eigenvalue weighted by atomic mass is 9.93. The van der Waals surface area contributed by atoms with Gasteiger partial charge in [-0.2, -0.15) is 0 Å². The van der Waals surface area contributed by atoms with Crippen molar-refractivity contribution >= 4 is 5.97 Å². The zero-order chi connectivity index (χ0) is 11.1. The number of carboxylic acids is 1. The Balaban J connectivity index is 4.35. The van der Waals surface area contributed by atoms with Crippen LogP contribution in [0.15, 0.2) is 0 Å². The average Bonchev–Trinajstić information content (AvgIpc) is 2.16. The number of methoxy groups -OCH3 is 1. The van der Waals surface area contributed by atoms with Crippen molar-refractivity contribution in [2.45, 2.75) is 38.8 Å². The summed E-state index contributed by atoms with van der Waals surface area (Å²) in [6, 6.07) is 0.0982. The first kappa shape index (κ1) is 13.4. The number of aliphatic carboxylic acids is 1. The molecular weight excluding hydrogens is 182 g/mol. The van der Waals surface area contributed by atoms with Crippen molar-refractivity contribution in [3.63, 3.8) is 0 Å². The Labute approximate surface area is 85.6 Å². The van der Waals surface area contributed by atoms with Crippen LogP contribution < -0.4 is 5.32 Å². The van der Waals surface area contributed by atoms with Crippen LogP contribution in [-0.4, -0.2) is 37.4 Å². The number of carbonyl (C=O) groups is 1. The van der Waals surface area contributed by atoms with Crippen molar-refractivity contribution in [3.05, 3.63) is 0 Å². The van der Waals surface area contributed by atoms with Crippen molar-refractivity contribution in [1.82, 2.24) is 5.32 Å². The third kappa shape index (κ3) is 4.07. The summed E-state index contributed by atoms with van der Waals surface area (Å²) in [6.45, 7) is 4.18. The van der Waals surface area contributed by atoms with Crippen LogP contribution in [0.25, 0.3) is 0 Å². The van der Waals surface area contributed by atoms with Crippen LogP contribution in [0, 0.1) is 5.92 Å². The van der Waals surface area contributed by atoms with E-state index in [1.807, 2.05) is 7.05 Å². The van der Waals surface area contributed by atoms with Crippen molar-refractivity contribution < 1.29 is 14.6 Å². The van der Waals surface area contributed by atoms with Gasteiger partial charge in [-0.05, 0) is 13.0 Å². The molecule has 84 valence electrons. The summed E-state index contributed by atoms with van der Waals surface area (Å²) in [7, 11) is 3.39. The van der Waals surface area contributed by atoms with Crippen LogP contribution in [-0.2, 0) is 9.53 Å². The minimum absolute atomic E-state index is 0.0480. The quantitative estimate of drug-likeness (QED) is 0.650. The Morgan fingerprint density at radius 2 is 2.14 bits per heavy atom. The molecule has 2 N–H and O–H groups in total. The third-order valence-corrected chi connectivity index (χ3v) is 2.67. The molecule has 0 rings (SSSR count). The molecule has 14 heavy (non-hydrogen) atoms. The van der Waals surface area contributed by atoms with E-state index in [4.69, 9.17) is 9.84 Å². The molecule has 4 heteroatoms. The molecular formula is C10H21NO3. The smallest absolute Gasteiger partial charge is 0.306 e. The van der Waals surface area contributed by atoms with E-state index in [2.05, 4.69) is 19.2 Å². The number of carboxylic acid groups (broad SMARTS) is 1. The summed E-state index contributed by atoms with van der Waals surface area (Å²) in [6.07, 6.45) is 0.796. The number of nitrogens with one attached hydrogen (secondary N) is 1. The van der Waals surface area contributed by atoms with Crippen LogP contribution in [0.3, 0.4) is 0 Å². The van der Waals surface area contributed by atoms with Crippen LogP contribution in [0.1, 0.15) is 26.7 Å². The molecule has 0 heterocycles. The standard InChI is InChI=1S/C10H21NO3/c1-5-7(2)10(11-3)8(14-4)6-9(12)13/h7-8,10-11H,5-6H2,1-4H3,(H,12,13)/t7-,8+,10-/m0/s1. The lowest BCUT2D eigenvalue weighted by Gasteiger charge is -2.29. The Kier molecular flexibility index (Phi) is 6.49. The van der Waals surface area contributed by atoms with Gasteiger partial charge in [0.15, 0.2) is 0 Å². The maximum absolute atomic E-state index is 10.6. The monoisotopic (exact) mass is 203 g/mol. The number of hydrogen-bond donors (Lipinski definition) is 2. The summed E-state index contributed by atoms with van der Waals surface area (Å²) in [4.78, 5) is 10.6. The largest absolute Gasteiger partial charge is 0.481 e. The molecule has 0 aromatic heterocycles. The minimum atomic E-state index is -0.819. The summed E-state index contributed by atoms with van der Waals surface area (Å²) in [5.74, 6) is -0.412. The van der Waals surface area contributed by atoms with Gasteiger partial charge in [0.25, 0.3) is 0 Å². The second kappa shape index (κ2) is 6.79. The first-order chi connectivity index (χ1) is 6.56. The summed E-state index contributed by atoms with van der Waals surface area (Å²) in [5, 5.41) is 11.8. The molecule has 0 spiro atoms. The summed E-state index contributed by atoms with van der Waals surface area (Å²) >= 11 is 0. The van der Waals surface area contributed by atoms with Crippen LogP contribution in [0.4, 0.5) is 0 Å². The molecule has 0 aliphatic carbocycles. The lowest BCUT2D eigenvalue weighted by molar-refractivity contribution is -0.140. The van der Waals surface area contributed by atoms with Crippen molar-refractivity contribution in [1.29, 1.82) is 0 Å². The van der Waals surface area contributed by atoms with E-state index in [1.165, 1.54) is 0 Å². The Morgan fingerprint density at radius 1 is 1.57 bits per heavy atom. The molecule has 0 aliphatic heterocycles. The van der Waals surface area contributed by atoms with Gasteiger partial charge in [0, 0.05) is 13.2 Å². The van der Waals surface area contributed by atoms with Crippen LogP contribution in [0.5, 0.6) is 0 Å². The Hall–Kier alpha value is -0.610. The van der Waals surface area contributed by atoms with Gasteiger partial charge >= 0.3 is 5.97 Å². The topological polar surface area (TPSA) is 58.6 Å². The van der Waals surface area contributed by atoms with Crippen molar-refractivity contribution in [2.75, 3.05) is 14.2 Å². The first-order valence-electron chi connectivity index (χ1n) is 4.98. The third-order valence-electron chi connectivity index (χ3n) is 2.67. The zero-order valence-corrected chi connectivity index (χ0v) is 9.41. The van der Waals surface area contributed by atoms with E-state index in [1.54, 1.807) is 7.11 Å². The van der Waals surface area contributed by atoms with Gasteiger partial charge in [0.1, 0.15) is 0 Å². The fourth-order valence-corrected chi connectivity index (χ4v) is 1.62. The van der Waals surface area contributed by atoms with E-state index in [9.17, 15) is 4.79 Å². The SMILES string of the molecule is CC[C@H](C)[C@H](NC)[C@@H](CC(=O)O)OC. The number of rotatable bonds is 7. The van der Waals surface area contributed by atoms with E-state index >= 15 is 0 Å². The molecule has 0 aliphatic rings. The molecule has 0 saturated carbocycles. The summed E-state index contributed by atoms with van der Waals surface area (Å²) in [5.41, 5.74) is 0. The second-order valence-corrected chi connectivity index (χ2v) is 3.57. The fraction of sp³-hybridized carbons (Fsp3) is 0.900. The van der Waals surface area contributed by atoms with Gasteiger partial charge < -0.3 is 15.2 Å². The van der Waals surface area contributed by atoms with E-state index in [-0.39, 0.29) is 18.6 Å². The van der Waals surface area contributed by atoms with Crippen molar-refractivity contribution in [2.24, 2.45) is 5.92 Å². The highest BCUT2D eigenvalue weighted by Gasteiger charge is 2.26. The second-order valence-electron chi connectivity index (χ2n) is 3.57. The van der Waals surface area contributed by atoms with Gasteiger partial charge in [0.05, 0.1) is 12.5 Å². The Morgan fingerprint density at radius 3 is 2.43 bits per heavy atom. The normalized spacial score (nSPS) is 17.4. The van der Waals surface area contributed by atoms with Gasteiger partial charge in [-0.25, -0.2) is 0 Å². The molecule has 0 saturated heterocycles. The number of hydrogen-bond acceptors (Lipinski definition) is 3. The highest BCUT2D eigenvalue weighted by atomic mass is 16.5. The fourth-order valence-electron chi connectivity index (χ4n) is 1.62. The maximum atomic E-state index is 10.6. The predicted octanol–water partition coefficient (Wildman–Crippen LogP) is 1.11. The molecule has 4 nitrogen and oxygen atoms in total. The van der Waals surface area contributed by atoms with Gasteiger partial charge in [-0.3, -0.25) is 4.79 Å². The predicted molar refractivity (Wildman–Crippen MR) is 55.4 cm³/mol. The molecule has 0 radical (unpaired) electrons. The van der Waals surface area contributed by atoms with E-state index in [0.29, 0.717) is 5.92 Å². The van der Waals surface area contributed by atoms with Crippen LogP contribution >= 0.6 is 0 Å². The lowest BCUT2D eigenvalue weighted by Crippen LogP contribution is -2.44. The van der Waals surface area contributed by atoms with Crippen molar-refractivity contribution in [3.8, 4) is 0 Å². The average molecular weight is 203 g/mol. The highest BCUT2D eigenvalue weighted by molar-refractivity contribution is 5.67. The molecule has 3 atom stereocenters. The molecule has 0 amide bonds.